The number of rotatable bonds is 2. The van der Waals surface area contributed by atoms with Crippen LogP contribution in [0.25, 0.3) is 11.0 Å². The van der Waals surface area contributed by atoms with Crippen molar-refractivity contribution in [1.82, 2.24) is 15.8 Å². The van der Waals surface area contributed by atoms with E-state index in [-0.39, 0.29) is 12.3 Å². The summed E-state index contributed by atoms with van der Waals surface area (Å²) in [6, 6.07) is 6.60. The summed E-state index contributed by atoms with van der Waals surface area (Å²) in [7, 11) is 0. The van der Waals surface area contributed by atoms with Gasteiger partial charge in [-0.1, -0.05) is 18.2 Å². The number of carbonyl (C=O) groups excluding carboxylic acids is 3. The van der Waals surface area contributed by atoms with Crippen molar-refractivity contribution >= 4 is 28.8 Å². The van der Waals surface area contributed by atoms with Crippen LogP contribution in [-0.4, -0.2) is 29.4 Å². The topological polar surface area (TPSA) is 91.7 Å². The van der Waals surface area contributed by atoms with Crippen LogP contribution in [0.2, 0.25) is 0 Å². The summed E-state index contributed by atoms with van der Waals surface area (Å²) in [5.41, 5.74) is 3.62. The number of nitrogens with zero attached hydrogens (tertiary/aromatic N) is 1. The van der Waals surface area contributed by atoms with Crippen molar-refractivity contribution in [2.45, 2.75) is 6.92 Å². The molecule has 0 unspecified atom stereocenters. The molecule has 1 aliphatic heterocycles. The van der Waals surface area contributed by atoms with Crippen LogP contribution in [0.1, 0.15) is 16.1 Å². The van der Waals surface area contributed by atoms with Crippen LogP contribution in [0.4, 0.5) is 4.79 Å². The number of amides is 4. The van der Waals surface area contributed by atoms with E-state index >= 15 is 0 Å². The minimum absolute atomic E-state index is 0.123. The fraction of sp³-hybridized carbons (Fsp3) is 0.154. The zero-order valence-electron chi connectivity index (χ0n) is 10.6. The Bertz CT molecular complexity index is 734. The van der Waals surface area contributed by atoms with Crippen LogP contribution in [0.5, 0.6) is 0 Å². The molecule has 7 nitrogen and oxygen atoms in total. The number of nitrogens with one attached hydrogen (secondary N) is 2. The molecule has 0 atom stereocenters. The molecule has 102 valence electrons. The van der Waals surface area contributed by atoms with Crippen molar-refractivity contribution in [2.75, 3.05) is 6.54 Å². The fourth-order valence-corrected chi connectivity index (χ4v) is 2.10. The van der Waals surface area contributed by atoms with E-state index in [2.05, 4.69) is 10.7 Å². The highest BCUT2D eigenvalue weighted by Gasteiger charge is 2.29. The fourth-order valence-electron chi connectivity index (χ4n) is 2.10. The number of hydrogen-bond acceptors (Lipinski definition) is 4. The Morgan fingerprint density at radius 1 is 1.35 bits per heavy atom. The molecule has 0 radical (unpaired) electrons. The highest BCUT2D eigenvalue weighted by molar-refractivity contribution is 6.04. The minimum atomic E-state index is -0.655. The van der Waals surface area contributed by atoms with Crippen molar-refractivity contribution in [2.24, 2.45) is 0 Å². The van der Waals surface area contributed by atoms with E-state index in [1.165, 1.54) is 0 Å². The number of fused-ring (bicyclic) bond motifs is 1. The molecular weight excluding hydrogens is 262 g/mol. The standard InChI is InChI=1S/C13H11N3O4/c1-7-8-4-2-3-5-9(8)20-11(7)12(18)15-16-6-10(17)14-13(16)19/h2-5H,6H2,1H3,(H,15,18)(H,14,17,19). The molecule has 20 heavy (non-hydrogen) atoms. The second-order valence-corrected chi connectivity index (χ2v) is 4.43. The van der Waals surface area contributed by atoms with Gasteiger partial charge in [0.25, 0.3) is 0 Å². The van der Waals surface area contributed by atoms with Gasteiger partial charge in [0.2, 0.25) is 5.91 Å². The van der Waals surface area contributed by atoms with E-state index in [9.17, 15) is 14.4 Å². The molecular formula is C13H11N3O4. The number of furan rings is 1. The number of hydrogen-bond donors (Lipinski definition) is 2. The maximum absolute atomic E-state index is 12.1. The molecule has 7 heteroatoms. The molecule has 0 spiro atoms. The van der Waals surface area contributed by atoms with Gasteiger partial charge in [-0.2, -0.15) is 0 Å². The first-order chi connectivity index (χ1) is 9.56. The average Bonchev–Trinajstić information content (AvgIpc) is 2.91. The summed E-state index contributed by atoms with van der Waals surface area (Å²) in [6.07, 6.45) is 0. The van der Waals surface area contributed by atoms with Gasteiger partial charge in [-0.15, -0.1) is 0 Å². The lowest BCUT2D eigenvalue weighted by atomic mass is 10.1. The van der Waals surface area contributed by atoms with Crippen LogP contribution >= 0.6 is 0 Å². The normalized spacial score (nSPS) is 14.8. The average molecular weight is 273 g/mol. The zero-order chi connectivity index (χ0) is 14.3. The molecule has 3 rings (SSSR count). The molecule has 2 aromatic rings. The number of para-hydroxylation sites is 1. The number of imide groups is 1. The Balaban J connectivity index is 1.88. The van der Waals surface area contributed by atoms with E-state index in [1.807, 2.05) is 12.1 Å². The summed E-state index contributed by atoms with van der Waals surface area (Å²) in [5, 5.41) is 3.81. The molecule has 2 heterocycles. The van der Waals surface area contributed by atoms with E-state index in [4.69, 9.17) is 4.42 Å². The molecule has 1 saturated heterocycles. The van der Waals surface area contributed by atoms with Gasteiger partial charge >= 0.3 is 11.9 Å². The quantitative estimate of drug-likeness (QED) is 0.796. The molecule has 1 aliphatic rings. The zero-order valence-corrected chi connectivity index (χ0v) is 10.6. The summed E-state index contributed by atoms with van der Waals surface area (Å²) in [4.78, 5) is 34.5. The molecule has 1 fully saturated rings. The molecule has 0 bridgehead atoms. The summed E-state index contributed by atoms with van der Waals surface area (Å²) >= 11 is 0. The first-order valence-electron chi connectivity index (χ1n) is 5.96. The lowest BCUT2D eigenvalue weighted by molar-refractivity contribution is -0.118. The summed E-state index contributed by atoms with van der Waals surface area (Å²) < 4.78 is 5.48. The van der Waals surface area contributed by atoms with E-state index in [0.29, 0.717) is 11.1 Å². The largest absolute Gasteiger partial charge is 0.451 e. The smallest absolute Gasteiger partial charge is 0.343 e. The van der Waals surface area contributed by atoms with E-state index in [0.717, 1.165) is 10.4 Å². The van der Waals surface area contributed by atoms with Crippen LogP contribution in [0.15, 0.2) is 28.7 Å². The van der Waals surface area contributed by atoms with Crippen molar-refractivity contribution in [3.05, 3.63) is 35.6 Å². The second-order valence-electron chi connectivity index (χ2n) is 4.43. The minimum Gasteiger partial charge on any atom is -0.451 e. The summed E-state index contributed by atoms with van der Waals surface area (Å²) in [5.74, 6) is -0.904. The highest BCUT2D eigenvalue weighted by atomic mass is 16.3. The van der Waals surface area contributed by atoms with Gasteiger partial charge in [0.05, 0.1) is 0 Å². The highest BCUT2D eigenvalue weighted by Crippen LogP contribution is 2.24. The van der Waals surface area contributed by atoms with Crippen molar-refractivity contribution < 1.29 is 18.8 Å². The van der Waals surface area contributed by atoms with Gasteiger partial charge in [-0.3, -0.25) is 20.3 Å². The van der Waals surface area contributed by atoms with Gasteiger partial charge in [0.15, 0.2) is 5.76 Å². The monoisotopic (exact) mass is 273 g/mol. The number of carbonyl (C=O) groups is 3. The number of benzene rings is 1. The second kappa shape index (κ2) is 4.37. The lowest BCUT2D eigenvalue weighted by Crippen LogP contribution is -2.44. The van der Waals surface area contributed by atoms with Crippen molar-refractivity contribution in [3.8, 4) is 0 Å². The molecule has 0 aliphatic carbocycles. The SMILES string of the molecule is Cc1c(C(=O)NN2CC(=O)NC2=O)oc2ccccc12. The third-order valence-corrected chi connectivity index (χ3v) is 3.08. The van der Waals surface area contributed by atoms with Gasteiger partial charge < -0.3 is 4.42 Å². The molecule has 1 aromatic carbocycles. The predicted molar refractivity (Wildman–Crippen MR) is 68.7 cm³/mol. The van der Waals surface area contributed by atoms with Crippen molar-refractivity contribution in [3.63, 3.8) is 0 Å². The Morgan fingerprint density at radius 2 is 2.10 bits per heavy atom. The number of urea groups is 1. The molecule has 0 saturated carbocycles. The van der Waals surface area contributed by atoms with Crippen LogP contribution in [0.3, 0.4) is 0 Å². The molecule has 1 aromatic heterocycles. The maximum atomic E-state index is 12.1. The van der Waals surface area contributed by atoms with Crippen LogP contribution < -0.4 is 10.7 Å². The lowest BCUT2D eigenvalue weighted by Gasteiger charge is -2.13. The van der Waals surface area contributed by atoms with E-state index < -0.39 is 17.8 Å². The van der Waals surface area contributed by atoms with Gasteiger partial charge in [-0.25, -0.2) is 9.80 Å². The van der Waals surface area contributed by atoms with Gasteiger partial charge in [-0.05, 0) is 13.0 Å². The third kappa shape index (κ3) is 1.89. The van der Waals surface area contributed by atoms with Crippen LogP contribution in [0, 0.1) is 6.92 Å². The Hall–Kier alpha value is -2.83. The van der Waals surface area contributed by atoms with Crippen LogP contribution in [-0.2, 0) is 4.79 Å². The Morgan fingerprint density at radius 3 is 2.75 bits per heavy atom. The van der Waals surface area contributed by atoms with E-state index in [1.54, 1.807) is 19.1 Å². The first-order valence-corrected chi connectivity index (χ1v) is 5.96. The summed E-state index contributed by atoms with van der Waals surface area (Å²) in [6.45, 7) is 1.56. The van der Waals surface area contributed by atoms with Crippen molar-refractivity contribution in [1.29, 1.82) is 0 Å². The first kappa shape index (κ1) is 12.2. The maximum Gasteiger partial charge on any atom is 0.343 e. The van der Waals surface area contributed by atoms with Gasteiger partial charge in [0.1, 0.15) is 12.1 Å². The molecule has 2 N–H and O–H groups in total. The Labute approximate surface area is 113 Å². The predicted octanol–water partition coefficient (Wildman–Crippen LogP) is 0.938. The number of hydrazine groups is 1. The molecule has 4 amide bonds. The third-order valence-electron chi connectivity index (χ3n) is 3.08. The Kier molecular flexibility index (Phi) is 2.67. The van der Waals surface area contributed by atoms with Gasteiger partial charge in [0, 0.05) is 10.9 Å². The number of aryl methyl sites for hydroxylation is 1.